The van der Waals surface area contributed by atoms with Crippen LogP contribution in [-0.2, 0) is 32.0 Å². The summed E-state index contributed by atoms with van der Waals surface area (Å²) in [5.41, 5.74) is 2.02. The van der Waals surface area contributed by atoms with Crippen LogP contribution in [0.2, 0.25) is 0 Å². The molecule has 11 nitrogen and oxygen atoms in total. The Bertz CT molecular complexity index is 1240. The summed E-state index contributed by atoms with van der Waals surface area (Å²) in [6.07, 6.45) is 1.87. The van der Waals surface area contributed by atoms with E-state index in [0.29, 0.717) is 18.0 Å². The smallest absolute Gasteiger partial charge is 0.315 e. The van der Waals surface area contributed by atoms with Crippen molar-refractivity contribution in [3.63, 3.8) is 0 Å². The van der Waals surface area contributed by atoms with Crippen molar-refractivity contribution in [2.45, 2.75) is 45.1 Å². The lowest BCUT2D eigenvalue weighted by Crippen LogP contribution is -2.54. The summed E-state index contributed by atoms with van der Waals surface area (Å²) >= 11 is 1.25. The number of thiazole rings is 1. The third-order valence-electron chi connectivity index (χ3n) is 5.77. The number of nitrogens with zero attached hydrogens (tertiary/aromatic N) is 2. The van der Waals surface area contributed by atoms with Crippen molar-refractivity contribution in [3.05, 3.63) is 46.0 Å². The lowest BCUT2D eigenvalue weighted by atomic mass is 10.0. The molecule has 1 fully saturated rings. The molecule has 182 valence electrons. The van der Waals surface area contributed by atoms with Gasteiger partial charge < -0.3 is 5.32 Å². The van der Waals surface area contributed by atoms with E-state index < -0.39 is 41.5 Å². The fraction of sp³-hybridized carbons (Fsp3) is 0.348. The SMILES string of the molecule is CCc1csc(NC(=O)C(=O)NCCCc2ccc3c(c2)C(=O)N(C2CCC(=O)NC2=O)C3=O)n1. The monoisotopic (exact) mass is 497 g/mol. The molecular weight excluding hydrogens is 474 g/mol. The molecule has 1 aromatic carbocycles. The topological polar surface area (TPSA) is 155 Å². The molecule has 1 aromatic heterocycles. The minimum Gasteiger partial charge on any atom is -0.348 e. The Hall–Kier alpha value is -3.93. The molecule has 3 heterocycles. The number of carbonyl (C=O) groups is 6. The lowest BCUT2D eigenvalue weighted by Gasteiger charge is -2.27. The molecule has 1 unspecified atom stereocenters. The van der Waals surface area contributed by atoms with E-state index in [9.17, 15) is 28.8 Å². The number of anilines is 1. The van der Waals surface area contributed by atoms with Gasteiger partial charge in [0.2, 0.25) is 11.8 Å². The summed E-state index contributed by atoms with van der Waals surface area (Å²) in [7, 11) is 0. The molecule has 0 aliphatic carbocycles. The molecule has 12 heteroatoms. The third kappa shape index (κ3) is 5.11. The van der Waals surface area contributed by atoms with Gasteiger partial charge in [-0.25, -0.2) is 4.98 Å². The Morgan fingerprint density at radius 1 is 1.14 bits per heavy atom. The molecule has 4 rings (SSSR count). The molecule has 0 saturated carbocycles. The molecular formula is C23H23N5O6S. The number of hydrogen-bond acceptors (Lipinski definition) is 8. The van der Waals surface area contributed by atoms with Gasteiger partial charge in [0.25, 0.3) is 11.8 Å². The zero-order chi connectivity index (χ0) is 25.1. The average Bonchev–Trinajstić information content (AvgIpc) is 3.39. The van der Waals surface area contributed by atoms with Crippen LogP contribution < -0.4 is 16.0 Å². The van der Waals surface area contributed by atoms with Gasteiger partial charge in [0.05, 0.1) is 16.8 Å². The van der Waals surface area contributed by atoms with Crippen LogP contribution in [0.4, 0.5) is 5.13 Å². The summed E-state index contributed by atoms with van der Waals surface area (Å²) in [6, 6.07) is 3.84. The number of rotatable bonds is 7. The standard InChI is InChI=1S/C23H23N5O6S/c1-2-13-11-35-23(25-13)27-20(32)19(31)24-9-3-4-12-5-6-14-15(10-12)22(34)28(21(14)33)16-7-8-17(29)26-18(16)30/h5-6,10-11,16H,2-4,7-9H2,1H3,(H,24,31)(H,25,27,32)(H,26,29,30). The van der Waals surface area contributed by atoms with Gasteiger partial charge in [0.15, 0.2) is 5.13 Å². The van der Waals surface area contributed by atoms with Crippen LogP contribution in [0.25, 0.3) is 0 Å². The van der Waals surface area contributed by atoms with Crippen LogP contribution in [0.1, 0.15) is 58.2 Å². The lowest BCUT2D eigenvalue weighted by molar-refractivity contribution is -0.136. The van der Waals surface area contributed by atoms with E-state index in [2.05, 4.69) is 20.9 Å². The number of fused-ring (bicyclic) bond motifs is 1. The highest BCUT2D eigenvalue weighted by molar-refractivity contribution is 7.14. The second-order valence-corrected chi connectivity index (χ2v) is 9.00. The Morgan fingerprint density at radius 3 is 2.63 bits per heavy atom. The highest BCUT2D eigenvalue weighted by atomic mass is 32.1. The molecule has 2 aliphatic heterocycles. The van der Waals surface area contributed by atoms with Crippen molar-refractivity contribution >= 4 is 51.9 Å². The summed E-state index contributed by atoms with van der Waals surface area (Å²) in [6.45, 7) is 2.17. The zero-order valence-electron chi connectivity index (χ0n) is 18.9. The average molecular weight is 498 g/mol. The van der Waals surface area contributed by atoms with Gasteiger partial charge in [-0.2, -0.15) is 0 Å². The Morgan fingerprint density at radius 2 is 1.91 bits per heavy atom. The maximum absolute atomic E-state index is 12.9. The Labute approximate surface area is 204 Å². The quantitative estimate of drug-likeness (QED) is 0.290. The predicted octanol–water partition coefficient (Wildman–Crippen LogP) is 0.794. The van der Waals surface area contributed by atoms with Gasteiger partial charge in [-0.05, 0) is 43.4 Å². The Kier molecular flexibility index (Phi) is 7.01. The van der Waals surface area contributed by atoms with E-state index in [1.807, 2.05) is 12.3 Å². The number of imide groups is 2. The molecule has 0 radical (unpaired) electrons. The van der Waals surface area contributed by atoms with Crippen LogP contribution >= 0.6 is 11.3 Å². The molecule has 2 aliphatic rings. The third-order valence-corrected chi connectivity index (χ3v) is 6.58. The van der Waals surface area contributed by atoms with Gasteiger partial charge in [-0.1, -0.05) is 13.0 Å². The minimum atomic E-state index is -1.01. The van der Waals surface area contributed by atoms with Crippen LogP contribution in [-0.4, -0.2) is 57.9 Å². The summed E-state index contributed by atoms with van der Waals surface area (Å²) < 4.78 is 0. The van der Waals surface area contributed by atoms with E-state index >= 15 is 0 Å². The van der Waals surface area contributed by atoms with Crippen molar-refractivity contribution < 1.29 is 28.8 Å². The van der Waals surface area contributed by atoms with E-state index in [0.717, 1.165) is 22.6 Å². The number of piperidine rings is 1. The molecule has 0 spiro atoms. The van der Waals surface area contributed by atoms with Crippen LogP contribution in [0, 0.1) is 0 Å². The fourth-order valence-electron chi connectivity index (χ4n) is 3.93. The van der Waals surface area contributed by atoms with Crippen molar-refractivity contribution in [1.82, 2.24) is 20.5 Å². The summed E-state index contributed by atoms with van der Waals surface area (Å²) in [5.74, 6) is -3.78. The van der Waals surface area contributed by atoms with Crippen LogP contribution in [0.15, 0.2) is 23.6 Å². The highest BCUT2D eigenvalue weighted by Crippen LogP contribution is 2.28. The maximum Gasteiger partial charge on any atom is 0.315 e. The zero-order valence-corrected chi connectivity index (χ0v) is 19.7. The summed E-state index contributed by atoms with van der Waals surface area (Å²) in [4.78, 5) is 78.3. The van der Waals surface area contributed by atoms with E-state index in [1.165, 1.54) is 11.3 Å². The highest BCUT2D eigenvalue weighted by Gasteiger charge is 2.44. The molecule has 6 amide bonds. The van der Waals surface area contributed by atoms with Crippen molar-refractivity contribution in [2.75, 3.05) is 11.9 Å². The largest absolute Gasteiger partial charge is 0.348 e. The number of amides is 6. The molecule has 1 atom stereocenters. The molecule has 3 N–H and O–H groups in total. The normalized spacial score (nSPS) is 17.3. The first-order valence-electron chi connectivity index (χ1n) is 11.2. The number of hydrogen-bond donors (Lipinski definition) is 3. The number of carbonyl (C=O) groups excluding carboxylic acids is 6. The first-order valence-corrected chi connectivity index (χ1v) is 12.0. The maximum atomic E-state index is 12.9. The number of benzene rings is 1. The van der Waals surface area contributed by atoms with Crippen molar-refractivity contribution in [3.8, 4) is 0 Å². The first-order chi connectivity index (χ1) is 16.8. The molecule has 0 bridgehead atoms. The molecule has 2 aromatic rings. The first kappa shape index (κ1) is 24.2. The van der Waals surface area contributed by atoms with Crippen molar-refractivity contribution in [1.29, 1.82) is 0 Å². The predicted molar refractivity (Wildman–Crippen MR) is 125 cm³/mol. The second-order valence-electron chi connectivity index (χ2n) is 8.14. The van der Waals surface area contributed by atoms with Crippen LogP contribution in [0.3, 0.4) is 0 Å². The molecule has 35 heavy (non-hydrogen) atoms. The van der Waals surface area contributed by atoms with Gasteiger partial charge in [-0.15, -0.1) is 11.3 Å². The minimum absolute atomic E-state index is 0.0580. The molecule has 1 saturated heterocycles. The van der Waals surface area contributed by atoms with E-state index in [4.69, 9.17) is 0 Å². The number of aromatic nitrogens is 1. The van der Waals surface area contributed by atoms with Crippen molar-refractivity contribution in [2.24, 2.45) is 0 Å². The number of aryl methyl sites for hydroxylation is 2. The van der Waals surface area contributed by atoms with Gasteiger partial charge in [-0.3, -0.25) is 44.3 Å². The second kappa shape index (κ2) is 10.1. The fourth-order valence-corrected chi connectivity index (χ4v) is 4.72. The number of nitrogens with one attached hydrogen (secondary N) is 3. The Balaban J connectivity index is 1.29. The summed E-state index contributed by atoms with van der Waals surface area (Å²) in [5, 5.41) is 9.35. The van der Waals surface area contributed by atoms with Gasteiger partial charge in [0.1, 0.15) is 6.04 Å². The van der Waals surface area contributed by atoms with Gasteiger partial charge >= 0.3 is 11.8 Å². The van der Waals surface area contributed by atoms with Crippen LogP contribution in [0.5, 0.6) is 0 Å². The van der Waals surface area contributed by atoms with Gasteiger partial charge in [0, 0.05) is 18.3 Å². The van der Waals surface area contributed by atoms with E-state index in [1.54, 1.807) is 18.2 Å². The van der Waals surface area contributed by atoms with E-state index in [-0.39, 0.29) is 30.5 Å².